The van der Waals surface area contributed by atoms with Gasteiger partial charge >= 0.3 is 5.97 Å². The van der Waals surface area contributed by atoms with Crippen molar-refractivity contribution in [3.63, 3.8) is 0 Å². The van der Waals surface area contributed by atoms with Crippen LogP contribution in [0.15, 0.2) is 46.9 Å². The van der Waals surface area contributed by atoms with Crippen LogP contribution in [0.3, 0.4) is 0 Å². The first-order chi connectivity index (χ1) is 21.3. The Bertz CT molecular complexity index is 1290. The van der Waals surface area contributed by atoms with Gasteiger partial charge in [-0.1, -0.05) is 71.9 Å². The van der Waals surface area contributed by atoms with Crippen molar-refractivity contribution in [2.24, 2.45) is 5.92 Å². The average Bonchev–Trinajstić information content (AvgIpc) is 3.49. The molecule has 0 saturated heterocycles. The van der Waals surface area contributed by atoms with Gasteiger partial charge in [0.25, 0.3) is 0 Å². The Hall–Kier alpha value is -1.31. The maximum Gasteiger partial charge on any atom is 0.315 e. The van der Waals surface area contributed by atoms with E-state index < -0.39 is 16.6 Å². The molecule has 0 unspecified atom stereocenters. The van der Waals surface area contributed by atoms with Gasteiger partial charge in [-0.15, -0.1) is 11.8 Å². The standard InChI is InChI=1S/C36H58O6S2Si2/c1-35(2,3)45(8,9)41-27(17-18-28-23-26-15-12-13-16-31(26)40-28)19-20-29-32(42-46(10,11)36(4,5)6)24-30(37)34(29)44-22-14-21-43-25-33(38)39-7/h12-13,15-16,19-20,23,27,29,32,34H,14,17-18,21-22,24-25H2,1-11H3/t27-,29-,32+,34+/m0/s1. The summed E-state index contributed by atoms with van der Waals surface area (Å²) in [6.45, 7) is 22.7. The van der Waals surface area contributed by atoms with Gasteiger partial charge in [0.05, 0.1) is 30.3 Å². The molecule has 1 aliphatic rings. The van der Waals surface area contributed by atoms with Gasteiger partial charge in [0, 0.05) is 24.1 Å². The third kappa shape index (κ3) is 10.9. The molecule has 1 aliphatic carbocycles. The molecule has 0 amide bonds. The zero-order chi connectivity index (χ0) is 34.3. The van der Waals surface area contributed by atoms with Crippen molar-refractivity contribution >= 4 is 62.9 Å². The lowest BCUT2D eigenvalue weighted by molar-refractivity contribution is -0.137. The Morgan fingerprint density at radius 1 is 1.04 bits per heavy atom. The Labute approximate surface area is 288 Å². The lowest BCUT2D eigenvalue weighted by atomic mass is 10.0. The number of carbonyl (C=O) groups is 2. The molecule has 1 aromatic heterocycles. The highest BCUT2D eigenvalue weighted by atomic mass is 32.2. The zero-order valence-electron chi connectivity index (χ0n) is 30.1. The number of aryl methyl sites for hydroxylation is 1. The number of methoxy groups -OCH3 is 1. The summed E-state index contributed by atoms with van der Waals surface area (Å²) in [4.78, 5) is 25.0. The largest absolute Gasteiger partial charge is 0.468 e. The number of ether oxygens (including phenoxy) is 1. The van der Waals surface area contributed by atoms with Gasteiger partial charge < -0.3 is 18.0 Å². The number of carbonyl (C=O) groups excluding carboxylic acids is 2. The van der Waals surface area contributed by atoms with Crippen molar-refractivity contribution in [2.75, 3.05) is 24.4 Å². The first-order valence-electron chi connectivity index (χ1n) is 16.6. The van der Waals surface area contributed by atoms with Gasteiger partial charge in [0.2, 0.25) is 0 Å². The van der Waals surface area contributed by atoms with E-state index in [2.05, 4.69) is 92.0 Å². The number of rotatable bonds is 16. The normalized spacial score (nSPS) is 20.6. The third-order valence-electron chi connectivity index (χ3n) is 9.88. The first kappa shape index (κ1) is 39.1. The number of hydrogen-bond acceptors (Lipinski definition) is 8. The highest BCUT2D eigenvalue weighted by Crippen LogP contribution is 2.43. The minimum atomic E-state index is -2.11. The molecule has 1 saturated carbocycles. The summed E-state index contributed by atoms with van der Waals surface area (Å²) < 4.78 is 24.9. The van der Waals surface area contributed by atoms with E-state index in [9.17, 15) is 9.59 Å². The van der Waals surface area contributed by atoms with Gasteiger partial charge in [0.15, 0.2) is 16.6 Å². The van der Waals surface area contributed by atoms with E-state index in [1.165, 1.54) is 7.11 Å². The molecule has 3 rings (SSSR count). The van der Waals surface area contributed by atoms with Crippen molar-refractivity contribution in [3.8, 4) is 0 Å². The van der Waals surface area contributed by atoms with E-state index in [0.717, 1.165) is 47.5 Å². The van der Waals surface area contributed by atoms with Crippen molar-refractivity contribution in [1.29, 1.82) is 0 Å². The van der Waals surface area contributed by atoms with E-state index in [4.69, 9.17) is 18.0 Å². The summed E-state index contributed by atoms with van der Waals surface area (Å²) >= 11 is 3.32. The Morgan fingerprint density at radius 3 is 2.35 bits per heavy atom. The second kappa shape index (κ2) is 16.4. The predicted octanol–water partition coefficient (Wildman–Crippen LogP) is 9.69. The van der Waals surface area contributed by atoms with Gasteiger partial charge in [-0.25, -0.2) is 0 Å². The van der Waals surface area contributed by atoms with E-state index in [0.29, 0.717) is 12.2 Å². The van der Waals surface area contributed by atoms with Crippen LogP contribution in [0.4, 0.5) is 0 Å². The van der Waals surface area contributed by atoms with Crippen molar-refractivity contribution in [2.45, 2.75) is 121 Å². The van der Waals surface area contributed by atoms with Crippen molar-refractivity contribution in [3.05, 3.63) is 48.2 Å². The molecular weight excluding hydrogens is 649 g/mol. The highest BCUT2D eigenvalue weighted by molar-refractivity contribution is 8.01. The molecular formula is C36H58O6S2Si2. The van der Waals surface area contributed by atoms with Crippen LogP contribution in [0.5, 0.6) is 0 Å². The number of hydrogen-bond donors (Lipinski definition) is 0. The van der Waals surface area contributed by atoms with Gasteiger partial charge in [-0.05, 0) is 72.7 Å². The average molecular weight is 707 g/mol. The van der Waals surface area contributed by atoms with Crippen LogP contribution in [0.25, 0.3) is 11.0 Å². The summed E-state index contributed by atoms with van der Waals surface area (Å²) in [7, 11) is -2.77. The number of para-hydroxylation sites is 1. The van der Waals surface area contributed by atoms with Crippen LogP contribution in [0.2, 0.25) is 36.3 Å². The molecule has 0 spiro atoms. The zero-order valence-corrected chi connectivity index (χ0v) is 33.7. The third-order valence-corrected chi connectivity index (χ3v) is 21.4. The Morgan fingerprint density at radius 2 is 1.72 bits per heavy atom. The monoisotopic (exact) mass is 706 g/mol. The second-order valence-corrected chi connectivity index (χ2v) is 27.4. The fraction of sp³-hybridized carbons (Fsp3) is 0.667. The van der Waals surface area contributed by atoms with E-state index in [1.54, 1.807) is 23.5 Å². The number of fused-ring (bicyclic) bond motifs is 1. The van der Waals surface area contributed by atoms with Crippen LogP contribution < -0.4 is 0 Å². The van der Waals surface area contributed by atoms with E-state index in [-0.39, 0.29) is 45.2 Å². The van der Waals surface area contributed by atoms with Crippen LogP contribution in [0.1, 0.15) is 66.6 Å². The lowest BCUT2D eigenvalue weighted by Crippen LogP contribution is -2.45. The molecule has 0 bridgehead atoms. The number of ketones is 1. The maximum atomic E-state index is 13.6. The number of thioether (sulfide) groups is 2. The minimum absolute atomic E-state index is 0.0222. The van der Waals surface area contributed by atoms with Crippen LogP contribution in [-0.4, -0.2) is 70.2 Å². The Balaban J connectivity index is 1.83. The van der Waals surface area contributed by atoms with Crippen molar-refractivity contribution < 1.29 is 27.6 Å². The molecule has 0 N–H and O–H groups in total. The fourth-order valence-corrected chi connectivity index (χ4v) is 9.95. The smallest absolute Gasteiger partial charge is 0.315 e. The highest BCUT2D eigenvalue weighted by Gasteiger charge is 2.47. The summed E-state index contributed by atoms with van der Waals surface area (Å²) in [5, 5.41) is 1.08. The predicted molar refractivity (Wildman–Crippen MR) is 201 cm³/mol. The fourth-order valence-electron chi connectivity index (χ4n) is 5.00. The van der Waals surface area contributed by atoms with Crippen LogP contribution in [0, 0.1) is 5.92 Å². The van der Waals surface area contributed by atoms with Crippen LogP contribution >= 0.6 is 23.5 Å². The molecule has 46 heavy (non-hydrogen) atoms. The first-order valence-corrected chi connectivity index (χ1v) is 24.7. The lowest BCUT2D eigenvalue weighted by Gasteiger charge is -2.40. The quantitative estimate of drug-likeness (QED) is 0.0740. The number of furan rings is 1. The Kier molecular flexibility index (Phi) is 13.9. The molecule has 4 atom stereocenters. The summed E-state index contributed by atoms with van der Waals surface area (Å²) in [6, 6.07) is 10.3. The number of Topliss-reactive ketones (excluding diaryl/α,β-unsaturated/α-hetero) is 1. The molecule has 1 fully saturated rings. The minimum Gasteiger partial charge on any atom is -0.468 e. The number of benzene rings is 1. The maximum absolute atomic E-state index is 13.6. The topological polar surface area (TPSA) is 75.0 Å². The molecule has 10 heteroatoms. The van der Waals surface area contributed by atoms with E-state index >= 15 is 0 Å². The molecule has 2 aromatic rings. The van der Waals surface area contributed by atoms with Gasteiger partial charge in [0.1, 0.15) is 17.1 Å². The summed E-state index contributed by atoms with van der Waals surface area (Å²) in [5.41, 5.74) is 0.911. The van der Waals surface area contributed by atoms with Gasteiger partial charge in [-0.2, -0.15) is 11.8 Å². The SMILES string of the molecule is COC(=O)CSCCCS[C@H]1C(=O)C[C@@H](O[Si](C)(C)C(C)(C)C)[C@@H]1C=C[C@H](CCc1cc2ccccc2o1)O[Si](C)(C)C(C)(C)C. The molecule has 0 radical (unpaired) electrons. The molecule has 258 valence electrons. The van der Waals surface area contributed by atoms with Crippen LogP contribution in [-0.2, 0) is 29.6 Å². The molecule has 1 aromatic carbocycles. The molecule has 6 nitrogen and oxygen atoms in total. The second-order valence-electron chi connectivity index (χ2n) is 15.5. The van der Waals surface area contributed by atoms with Crippen molar-refractivity contribution in [1.82, 2.24) is 0 Å². The van der Waals surface area contributed by atoms with E-state index in [1.807, 2.05) is 18.2 Å². The molecule has 1 heterocycles. The number of esters is 1. The van der Waals surface area contributed by atoms with Gasteiger partial charge in [-0.3, -0.25) is 9.59 Å². The molecule has 0 aliphatic heterocycles. The summed E-state index contributed by atoms with van der Waals surface area (Å²) in [6.07, 6.45) is 7.19. The summed E-state index contributed by atoms with van der Waals surface area (Å²) in [5.74, 6) is 3.10.